The van der Waals surface area contributed by atoms with Crippen LogP contribution < -0.4 is 10.6 Å². The van der Waals surface area contributed by atoms with Crippen molar-refractivity contribution in [1.29, 1.82) is 0 Å². The Bertz CT molecular complexity index is 411. The van der Waals surface area contributed by atoms with Gasteiger partial charge in [-0.1, -0.05) is 6.07 Å². The van der Waals surface area contributed by atoms with Gasteiger partial charge in [0.1, 0.15) is 0 Å². The Morgan fingerprint density at radius 1 is 1.35 bits per heavy atom. The van der Waals surface area contributed by atoms with Crippen LogP contribution in [0.5, 0.6) is 0 Å². The lowest BCUT2D eigenvalue weighted by molar-refractivity contribution is 0.0736. The standard InChI is InChI=1S/C13H19N3O/c1-10-3-4-11(9-12(10)14-2)13(17)16-7-5-15-6-8-16/h3-4,9,14-15H,5-8H2,1-2H3. The average Bonchev–Trinajstić information content (AvgIpc) is 2.39. The summed E-state index contributed by atoms with van der Waals surface area (Å²) in [7, 11) is 1.88. The van der Waals surface area contributed by atoms with E-state index in [0.29, 0.717) is 0 Å². The van der Waals surface area contributed by atoms with Gasteiger partial charge in [-0.3, -0.25) is 4.79 Å². The molecule has 4 heteroatoms. The van der Waals surface area contributed by atoms with Gasteiger partial charge < -0.3 is 15.5 Å². The first-order valence-electron chi connectivity index (χ1n) is 6.01. The number of rotatable bonds is 2. The summed E-state index contributed by atoms with van der Waals surface area (Å²) >= 11 is 0. The molecule has 0 atom stereocenters. The monoisotopic (exact) mass is 233 g/mol. The summed E-state index contributed by atoms with van der Waals surface area (Å²) in [6.07, 6.45) is 0. The van der Waals surface area contributed by atoms with Gasteiger partial charge in [-0.15, -0.1) is 0 Å². The number of hydrogen-bond acceptors (Lipinski definition) is 3. The van der Waals surface area contributed by atoms with Crippen molar-refractivity contribution in [3.05, 3.63) is 29.3 Å². The van der Waals surface area contributed by atoms with Gasteiger partial charge in [0.15, 0.2) is 0 Å². The lowest BCUT2D eigenvalue weighted by atomic mass is 10.1. The van der Waals surface area contributed by atoms with Crippen LogP contribution in [0, 0.1) is 6.92 Å². The molecule has 0 radical (unpaired) electrons. The Balaban J connectivity index is 2.18. The predicted octanol–water partition coefficient (Wildman–Crippen LogP) is 1.08. The van der Waals surface area contributed by atoms with Gasteiger partial charge >= 0.3 is 0 Å². The number of amides is 1. The van der Waals surface area contributed by atoms with Gasteiger partial charge in [-0.05, 0) is 24.6 Å². The molecule has 0 unspecified atom stereocenters. The lowest BCUT2D eigenvalue weighted by Gasteiger charge is -2.27. The van der Waals surface area contributed by atoms with Crippen LogP contribution in [0.2, 0.25) is 0 Å². The van der Waals surface area contributed by atoms with E-state index in [2.05, 4.69) is 10.6 Å². The molecule has 4 nitrogen and oxygen atoms in total. The number of aryl methyl sites for hydroxylation is 1. The van der Waals surface area contributed by atoms with Crippen LogP contribution in [0.15, 0.2) is 18.2 Å². The number of anilines is 1. The Hall–Kier alpha value is -1.55. The SMILES string of the molecule is CNc1cc(C(=O)N2CCNCC2)ccc1C. The Kier molecular flexibility index (Phi) is 3.64. The third-order valence-corrected chi connectivity index (χ3v) is 3.16. The Labute approximate surface area is 102 Å². The minimum atomic E-state index is 0.128. The van der Waals surface area contributed by atoms with Crippen molar-refractivity contribution < 1.29 is 4.79 Å². The minimum absolute atomic E-state index is 0.128. The van der Waals surface area contributed by atoms with Crippen LogP contribution in [0.25, 0.3) is 0 Å². The number of nitrogens with zero attached hydrogens (tertiary/aromatic N) is 1. The van der Waals surface area contributed by atoms with Gasteiger partial charge in [0.25, 0.3) is 5.91 Å². The van der Waals surface area contributed by atoms with Crippen LogP contribution in [-0.4, -0.2) is 44.0 Å². The molecule has 0 aliphatic carbocycles. The van der Waals surface area contributed by atoms with Gasteiger partial charge in [0.05, 0.1) is 0 Å². The fraction of sp³-hybridized carbons (Fsp3) is 0.462. The first-order chi connectivity index (χ1) is 8.22. The van der Waals surface area contributed by atoms with Gasteiger partial charge in [-0.25, -0.2) is 0 Å². The molecule has 1 heterocycles. The van der Waals surface area contributed by atoms with E-state index >= 15 is 0 Å². The van der Waals surface area contributed by atoms with E-state index in [1.165, 1.54) is 0 Å². The molecule has 1 amide bonds. The molecule has 0 spiro atoms. The van der Waals surface area contributed by atoms with E-state index in [1.54, 1.807) is 0 Å². The molecule has 17 heavy (non-hydrogen) atoms. The van der Waals surface area contributed by atoms with E-state index < -0.39 is 0 Å². The molecule has 92 valence electrons. The first-order valence-corrected chi connectivity index (χ1v) is 6.01. The quantitative estimate of drug-likeness (QED) is 0.803. The summed E-state index contributed by atoms with van der Waals surface area (Å²) in [6.45, 7) is 5.39. The minimum Gasteiger partial charge on any atom is -0.388 e. The first kappa shape index (κ1) is 11.9. The van der Waals surface area contributed by atoms with Crippen molar-refractivity contribution in [3.8, 4) is 0 Å². The lowest BCUT2D eigenvalue weighted by Crippen LogP contribution is -2.46. The molecule has 1 saturated heterocycles. The van der Waals surface area contributed by atoms with Crippen LogP contribution in [0.4, 0.5) is 5.69 Å². The largest absolute Gasteiger partial charge is 0.388 e. The maximum Gasteiger partial charge on any atom is 0.254 e. The van der Waals surface area contributed by atoms with Crippen LogP contribution in [0.3, 0.4) is 0 Å². The molecule has 1 aromatic carbocycles. The van der Waals surface area contributed by atoms with Gasteiger partial charge in [0.2, 0.25) is 0 Å². The molecular weight excluding hydrogens is 214 g/mol. The van der Waals surface area contributed by atoms with E-state index in [4.69, 9.17) is 0 Å². The van der Waals surface area contributed by atoms with Crippen molar-refractivity contribution >= 4 is 11.6 Å². The number of nitrogens with one attached hydrogen (secondary N) is 2. The van der Waals surface area contributed by atoms with Crippen molar-refractivity contribution in [2.24, 2.45) is 0 Å². The highest BCUT2D eigenvalue weighted by Crippen LogP contribution is 2.17. The maximum absolute atomic E-state index is 12.2. The molecule has 1 aromatic rings. The smallest absolute Gasteiger partial charge is 0.254 e. The zero-order valence-electron chi connectivity index (χ0n) is 10.4. The zero-order chi connectivity index (χ0) is 12.3. The third-order valence-electron chi connectivity index (χ3n) is 3.16. The number of carbonyl (C=O) groups is 1. The molecular formula is C13H19N3O. The van der Waals surface area contributed by atoms with Crippen LogP contribution in [-0.2, 0) is 0 Å². The number of hydrogen-bond donors (Lipinski definition) is 2. The second-order valence-corrected chi connectivity index (χ2v) is 4.32. The molecule has 0 bridgehead atoms. The molecule has 0 saturated carbocycles. The Morgan fingerprint density at radius 2 is 2.06 bits per heavy atom. The van der Waals surface area contributed by atoms with E-state index in [9.17, 15) is 4.79 Å². The van der Waals surface area contributed by atoms with Gasteiger partial charge in [-0.2, -0.15) is 0 Å². The van der Waals surface area contributed by atoms with E-state index in [1.807, 2.05) is 37.1 Å². The molecule has 2 N–H and O–H groups in total. The fourth-order valence-corrected chi connectivity index (χ4v) is 2.07. The second kappa shape index (κ2) is 5.19. The highest BCUT2D eigenvalue weighted by molar-refractivity contribution is 5.95. The number of benzene rings is 1. The summed E-state index contributed by atoms with van der Waals surface area (Å²) < 4.78 is 0. The summed E-state index contributed by atoms with van der Waals surface area (Å²) in [5.41, 5.74) is 2.94. The van der Waals surface area contributed by atoms with Crippen molar-refractivity contribution in [1.82, 2.24) is 10.2 Å². The summed E-state index contributed by atoms with van der Waals surface area (Å²) in [5.74, 6) is 0.128. The molecule has 1 aliphatic rings. The van der Waals surface area contributed by atoms with Crippen LogP contribution in [0.1, 0.15) is 15.9 Å². The van der Waals surface area contributed by atoms with Crippen LogP contribution >= 0.6 is 0 Å². The highest BCUT2D eigenvalue weighted by atomic mass is 16.2. The maximum atomic E-state index is 12.2. The molecule has 2 rings (SSSR count). The van der Waals surface area contributed by atoms with Crippen molar-refractivity contribution in [2.75, 3.05) is 38.5 Å². The second-order valence-electron chi connectivity index (χ2n) is 4.32. The van der Waals surface area contributed by atoms with E-state index in [-0.39, 0.29) is 5.91 Å². The predicted molar refractivity (Wildman–Crippen MR) is 69.5 cm³/mol. The summed E-state index contributed by atoms with van der Waals surface area (Å²) in [6, 6.07) is 5.82. The van der Waals surface area contributed by atoms with Crippen molar-refractivity contribution in [2.45, 2.75) is 6.92 Å². The van der Waals surface area contributed by atoms with Gasteiger partial charge in [0, 0.05) is 44.5 Å². The summed E-state index contributed by atoms with van der Waals surface area (Å²) in [5, 5.41) is 6.36. The zero-order valence-corrected chi connectivity index (χ0v) is 10.4. The van der Waals surface area contributed by atoms with Crippen molar-refractivity contribution in [3.63, 3.8) is 0 Å². The summed E-state index contributed by atoms with van der Waals surface area (Å²) in [4.78, 5) is 14.2. The van der Waals surface area contributed by atoms with E-state index in [0.717, 1.165) is 43.0 Å². The molecule has 1 aliphatic heterocycles. The topological polar surface area (TPSA) is 44.4 Å². The molecule has 1 fully saturated rings. The number of piperazine rings is 1. The third kappa shape index (κ3) is 2.58. The normalized spacial score (nSPS) is 15.8. The highest BCUT2D eigenvalue weighted by Gasteiger charge is 2.18. The average molecular weight is 233 g/mol. The molecule has 0 aromatic heterocycles. The fourth-order valence-electron chi connectivity index (χ4n) is 2.07. The Morgan fingerprint density at radius 3 is 2.71 bits per heavy atom. The number of carbonyl (C=O) groups excluding carboxylic acids is 1.